The molecule has 27 heavy (non-hydrogen) atoms. The predicted octanol–water partition coefficient (Wildman–Crippen LogP) is 4.73. The molecule has 134 valence electrons. The first-order valence-electron chi connectivity index (χ1n) is 9.29. The van der Waals surface area contributed by atoms with Crippen LogP contribution < -0.4 is 0 Å². The normalized spacial score (nSPS) is 21.1. The van der Waals surface area contributed by atoms with E-state index in [0.717, 1.165) is 41.5 Å². The van der Waals surface area contributed by atoms with Crippen LogP contribution in [0.4, 0.5) is 4.39 Å². The number of fused-ring (bicyclic) bond motifs is 1. The van der Waals surface area contributed by atoms with Gasteiger partial charge in [-0.3, -0.25) is 9.48 Å². The van der Waals surface area contributed by atoms with Gasteiger partial charge in [-0.1, -0.05) is 54.6 Å². The average Bonchev–Trinajstić information content (AvgIpc) is 3.49. The number of aromatic nitrogens is 2. The van der Waals surface area contributed by atoms with Crippen LogP contribution >= 0.6 is 0 Å². The Balaban J connectivity index is 1.73. The SMILES string of the molecule is O=Cc1nn(C2CC2)c2c1C=CC(c1ccccc1)(c1cccc(F)c1)C2. The van der Waals surface area contributed by atoms with Gasteiger partial charge in [0.25, 0.3) is 0 Å². The standard InChI is InChI=1S/C23H19FN2O/c24-18-8-4-7-17(13-18)23(16-5-2-1-3-6-16)12-11-20-21(15-27)25-26(19-9-10-19)22(20)14-23/h1-8,11-13,15,19H,9-10,14H2. The first-order valence-corrected chi connectivity index (χ1v) is 9.29. The number of halogens is 1. The highest BCUT2D eigenvalue weighted by Crippen LogP contribution is 2.45. The van der Waals surface area contributed by atoms with Crippen molar-refractivity contribution in [3.05, 3.63) is 94.6 Å². The minimum atomic E-state index is -0.483. The van der Waals surface area contributed by atoms with Gasteiger partial charge < -0.3 is 0 Å². The lowest BCUT2D eigenvalue weighted by atomic mass is 9.68. The number of benzene rings is 2. The molecule has 2 aliphatic carbocycles. The Bertz CT molecular complexity index is 1050. The lowest BCUT2D eigenvalue weighted by Crippen LogP contribution is -2.31. The number of carbonyl (C=O) groups excluding carboxylic acids is 1. The minimum absolute atomic E-state index is 0.244. The van der Waals surface area contributed by atoms with E-state index >= 15 is 0 Å². The fourth-order valence-electron chi connectivity index (χ4n) is 4.18. The minimum Gasteiger partial charge on any atom is -0.296 e. The molecule has 0 saturated heterocycles. The van der Waals surface area contributed by atoms with Gasteiger partial charge in [0.1, 0.15) is 11.5 Å². The van der Waals surface area contributed by atoms with E-state index in [-0.39, 0.29) is 5.82 Å². The van der Waals surface area contributed by atoms with Crippen molar-refractivity contribution in [3.8, 4) is 0 Å². The van der Waals surface area contributed by atoms with Gasteiger partial charge in [-0.25, -0.2) is 4.39 Å². The zero-order valence-electron chi connectivity index (χ0n) is 14.8. The van der Waals surface area contributed by atoms with Crippen LogP contribution in [0.3, 0.4) is 0 Å². The third kappa shape index (κ3) is 2.55. The molecular weight excluding hydrogens is 339 g/mol. The van der Waals surface area contributed by atoms with Gasteiger partial charge >= 0.3 is 0 Å². The molecule has 0 radical (unpaired) electrons. The molecule has 1 heterocycles. The smallest absolute Gasteiger partial charge is 0.170 e. The molecule has 1 unspecified atom stereocenters. The molecule has 1 atom stereocenters. The van der Waals surface area contributed by atoms with Crippen molar-refractivity contribution in [1.82, 2.24) is 9.78 Å². The summed E-state index contributed by atoms with van der Waals surface area (Å²) in [4.78, 5) is 11.5. The van der Waals surface area contributed by atoms with Crippen molar-refractivity contribution in [3.63, 3.8) is 0 Å². The number of rotatable bonds is 4. The van der Waals surface area contributed by atoms with Crippen LogP contribution in [-0.4, -0.2) is 16.1 Å². The van der Waals surface area contributed by atoms with Gasteiger partial charge in [-0.05, 0) is 36.1 Å². The van der Waals surface area contributed by atoms with Crippen molar-refractivity contribution >= 4 is 12.4 Å². The Hall–Kier alpha value is -3.01. The Kier molecular flexibility index (Phi) is 3.61. The fourth-order valence-corrected chi connectivity index (χ4v) is 4.18. The van der Waals surface area contributed by atoms with Gasteiger partial charge in [-0.15, -0.1) is 0 Å². The van der Waals surface area contributed by atoms with E-state index in [2.05, 4.69) is 23.3 Å². The maximum absolute atomic E-state index is 14.1. The van der Waals surface area contributed by atoms with Gasteiger partial charge in [-0.2, -0.15) is 5.10 Å². The summed E-state index contributed by atoms with van der Waals surface area (Å²) in [6.07, 6.45) is 7.77. The highest BCUT2D eigenvalue weighted by atomic mass is 19.1. The third-order valence-electron chi connectivity index (χ3n) is 5.69. The summed E-state index contributed by atoms with van der Waals surface area (Å²) in [6, 6.07) is 17.4. The predicted molar refractivity (Wildman–Crippen MR) is 102 cm³/mol. The molecule has 0 bridgehead atoms. The summed E-state index contributed by atoms with van der Waals surface area (Å²) in [6.45, 7) is 0. The molecule has 2 aliphatic rings. The van der Waals surface area contributed by atoms with Crippen molar-refractivity contribution in [2.45, 2.75) is 30.7 Å². The first kappa shape index (κ1) is 16.2. The van der Waals surface area contributed by atoms with Crippen LogP contribution in [0.1, 0.15) is 51.8 Å². The van der Waals surface area contributed by atoms with Gasteiger partial charge in [0.05, 0.1) is 6.04 Å². The monoisotopic (exact) mass is 358 g/mol. The molecule has 2 aromatic carbocycles. The van der Waals surface area contributed by atoms with Crippen LogP contribution in [0.5, 0.6) is 0 Å². The Morgan fingerprint density at radius 3 is 2.56 bits per heavy atom. The molecule has 0 aliphatic heterocycles. The van der Waals surface area contributed by atoms with E-state index in [1.54, 1.807) is 12.1 Å². The highest BCUT2D eigenvalue weighted by Gasteiger charge is 2.39. The Morgan fingerprint density at radius 1 is 1.07 bits per heavy atom. The fraction of sp³-hybridized carbons (Fsp3) is 0.217. The molecular formula is C23H19FN2O. The molecule has 5 rings (SSSR count). The number of aldehydes is 1. The Morgan fingerprint density at radius 2 is 1.85 bits per heavy atom. The number of nitrogens with zero attached hydrogens (tertiary/aromatic N) is 2. The lowest BCUT2D eigenvalue weighted by Gasteiger charge is -2.35. The molecule has 0 spiro atoms. The van der Waals surface area contributed by atoms with Gasteiger partial charge in [0.2, 0.25) is 0 Å². The third-order valence-corrected chi connectivity index (χ3v) is 5.69. The largest absolute Gasteiger partial charge is 0.296 e. The van der Waals surface area contributed by atoms with Crippen molar-refractivity contribution in [2.24, 2.45) is 0 Å². The molecule has 0 amide bonds. The van der Waals surface area contributed by atoms with Gasteiger partial charge in [0, 0.05) is 23.1 Å². The van der Waals surface area contributed by atoms with E-state index < -0.39 is 5.41 Å². The van der Waals surface area contributed by atoms with Crippen molar-refractivity contribution in [2.75, 3.05) is 0 Å². The summed E-state index contributed by atoms with van der Waals surface area (Å²) in [5, 5.41) is 4.57. The van der Waals surface area contributed by atoms with Crippen LogP contribution in [0.15, 0.2) is 60.7 Å². The maximum atomic E-state index is 14.1. The first-order chi connectivity index (χ1) is 13.2. The highest BCUT2D eigenvalue weighted by molar-refractivity contribution is 5.81. The van der Waals surface area contributed by atoms with Crippen LogP contribution in [-0.2, 0) is 11.8 Å². The zero-order valence-corrected chi connectivity index (χ0v) is 14.8. The summed E-state index contributed by atoms with van der Waals surface area (Å²) in [7, 11) is 0. The number of carbonyl (C=O) groups is 1. The second-order valence-electron chi connectivity index (χ2n) is 7.40. The number of hydrogen-bond donors (Lipinski definition) is 0. The Labute approximate surface area is 157 Å². The number of allylic oxidation sites excluding steroid dienone is 1. The average molecular weight is 358 g/mol. The summed E-state index contributed by atoms with van der Waals surface area (Å²) >= 11 is 0. The number of hydrogen-bond acceptors (Lipinski definition) is 2. The molecule has 3 nitrogen and oxygen atoms in total. The van der Waals surface area contributed by atoms with E-state index in [0.29, 0.717) is 18.2 Å². The van der Waals surface area contributed by atoms with Crippen LogP contribution in [0.25, 0.3) is 6.08 Å². The molecule has 0 N–H and O–H groups in total. The summed E-state index contributed by atoms with van der Waals surface area (Å²) in [5.74, 6) is -0.244. The van der Waals surface area contributed by atoms with Gasteiger partial charge in [0.15, 0.2) is 6.29 Å². The molecule has 1 saturated carbocycles. The quantitative estimate of drug-likeness (QED) is 0.632. The zero-order chi connectivity index (χ0) is 18.4. The second-order valence-corrected chi connectivity index (χ2v) is 7.40. The maximum Gasteiger partial charge on any atom is 0.170 e. The van der Waals surface area contributed by atoms with Crippen molar-refractivity contribution in [1.29, 1.82) is 0 Å². The van der Waals surface area contributed by atoms with E-state index in [4.69, 9.17) is 0 Å². The molecule has 4 heteroatoms. The molecule has 1 fully saturated rings. The topological polar surface area (TPSA) is 34.9 Å². The summed E-state index contributed by atoms with van der Waals surface area (Å²) in [5.41, 5.74) is 3.99. The lowest BCUT2D eigenvalue weighted by molar-refractivity contribution is 0.111. The van der Waals surface area contributed by atoms with Crippen LogP contribution in [0, 0.1) is 5.82 Å². The van der Waals surface area contributed by atoms with Crippen LogP contribution in [0.2, 0.25) is 0 Å². The van der Waals surface area contributed by atoms with Crippen molar-refractivity contribution < 1.29 is 9.18 Å². The van der Waals surface area contributed by atoms with E-state index in [1.165, 1.54) is 6.07 Å². The second kappa shape index (κ2) is 6.02. The molecule has 3 aromatic rings. The summed E-state index contributed by atoms with van der Waals surface area (Å²) < 4.78 is 16.1. The van der Waals surface area contributed by atoms with E-state index in [1.807, 2.05) is 35.0 Å². The molecule has 1 aromatic heterocycles. The van der Waals surface area contributed by atoms with E-state index in [9.17, 15) is 9.18 Å².